The molecular formula is C32H35N. The van der Waals surface area contributed by atoms with Gasteiger partial charge in [-0.15, -0.1) is 0 Å². The molecule has 1 N–H and O–H groups in total. The first-order valence-corrected chi connectivity index (χ1v) is 12.1. The zero-order valence-electron chi connectivity index (χ0n) is 19.8. The van der Waals surface area contributed by atoms with Crippen LogP contribution in [0.25, 0.3) is 0 Å². The van der Waals surface area contributed by atoms with E-state index in [1.165, 1.54) is 22.3 Å². The maximum absolute atomic E-state index is 4.07. The summed E-state index contributed by atoms with van der Waals surface area (Å²) in [5, 5.41) is 4.07. The second-order valence-corrected chi connectivity index (χ2v) is 9.22. The van der Waals surface area contributed by atoms with E-state index in [4.69, 9.17) is 0 Å². The number of hydrogen-bond acceptors (Lipinski definition) is 1. The van der Waals surface area contributed by atoms with Gasteiger partial charge in [0.15, 0.2) is 0 Å². The smallest absolute Gasteiger partial charge is 0.0351 e. The van der Waals surface area contributed by atoms with Crippen molar-refractivity contribution in [3.8, 4) is 0 Å². The molecule has 0 aromatic heterocycles. The summed E-state index contributed by atoms with van der Waals surface area (Å²) >= 11 is 0. The summed E-state index contributed by atoms with van der Waals surface area (Å²) in [6.45, 7) is 4.73. The average molecular weight is 434 g/mol. The lowest BCUT2D eigenvalue weighted by Crippen LogP contribution is -2.39. The molecule has 4 atom stereocenters. The molecule has 0 aliphatic heterocycles. The monoisotopic (exact) mass is 433 g/mol. The Morgan fingerprint density at radius 2 is 0.939 bits per heavy atom. The van der Waals surface area contributed by atoms with Crippen molar-refractivity contribution in [3.05, 3.63) is 144 Å². The highest BCUT2D eigenvalue weighted by molar-refractivity contribution is 5.27. The lowest BCUT2D eigenvalue weighted by molar-refractivity contribution is 0.322. The molecule has 1 nitrogen and oxygen atoms in total. The van der Waals surface area contributed by atoms with Gasteiger partial charge in [-0.1, -0.05) is 128 Å². The van der Waals surface area contributed by atoms with Crippen LogP contribution in [0.1, 0.15) is 48.1 Å². The van der Waals surface area contributed by atoms with Gasteiger partial charge < -0.3 is 5.32 Å². The predicted octanol–water partition coefficient (Wildman–Crippen LogP) is 7.61. The maximum Gasteiger partial charge on any atom is 0.0351 e. The quantitative estimate of drug-likeness (QED) is 0.271. The Hall–Kier alpha value is -3.16. The average Bonchev–Trinajstić information content (AvgIpc) is 2.88. The van der Waals surface area contributed by atoms with E-state index < -0.39 is 0 Å². The summed E-state index contributed by atoms with van der Waals surface area (Å²) in [5.41, 5.74) is 5.53. The Kier molecular flexibility index (Phi) is 8.11. The summed E-state index contributed by atoms with van der Waals surface area (Å²) in [5.74, 6) is 0.856. The van der Waals surface area contributed by atoms with Crippen molar-refractivity contribution in [2.75, 3.05) is 0 Å². The zero-order chi connectivity index (χ0) is 22.9. The van der Waals surface area contributed by atoms with Crippen LogP contribution in [-0.2, 0) is 12.8 Å². The van der Waals surface area contributed by atoms with Crippen LogP contribution in [0.3, 0.4) is 0 Å². The molecule has 0 radical (unpaired) electrons. The van der Waals surface area contributed by atoms with Gasteiger partial charge in [-0.05, 0) is 47.9 Å². The van der Waals surface area contributed by atoms with Crippen molar-refractivity contribution >= 4 is 0 Å². The minimum absolute atomic E-state index is 0.281. The highest BCUT2D eigenvalue weighted by Crippen LogP contribution is 2.30. The lowest BCUT2D eigenvalue weighted by atomic mass is 9.84. The predicted molar refractivity (Wildman–Crippen MR) is 140 cm³/mol. The normalized spacial score (nSPS) is 14.8. The molecule has 0 saturated heterocycles. The van der Waals surface area contributed by atoms with Crippen LogP contribution in [-0.4, -0.2) is 6.04 Å². The fraction of sp³-hybridized carbons (Fsp3) is 0.250. The molecule has 168 valence electrons. The first-order valence-electron chi connectivity index (χ1n) is 12.1. The Morgan fingerprint density at radius 3 is 1.45 bits per heavy atom. The van der Waals surface area contributed by atoms with Gasteiger partial charge in [0.1, 0.15) is 0 Å². The van der Waals surface area contributed by atoms with E-state index in [1.807, 2.05) is 0 Å². The van der Waals surface area contributed by atoms with Gasteiger partial charge in [-0.25, -0.2) is 0 Å². The Morgan fingerprint density at radius 1 is 0.515 bits per heavy atom. The maximum atomic E-state index is 4.07. The molecule has 0 saturated carbocycles. The van der Waals surface area contributed by atoms with Crippen molar-refractivity contribution in [2.45, 2.75) is 44.7 Å². The van der Waals surface area contributed by atoms with Gasteiger partial charge >= 0.3 is 0 Å². The molecule has 4 aromatic carbocycles. The van der Waals surface area contributed by atoms with Crippen molar-refractivity contribution in [3.63, 3.8) is 0 Å². The largest absolute Gasteiger partial charge is 0.307 e. The van der Waals surface area contributed by atoms with E-state index in [0.29, 0.717) is 17.9 Å². The minimum Gasteiger partial charge on any atom is -0.307 e. The highest BCUT2D eigenvalue weighted by atomic mass is 15.0. The van der Waals surface area contributed by atoms with Gasteiger partial charge in [0.2, 0.25) is 0 Å². The third-order valence-corrected chi connectivity index (χ3v) is 6.70. The highest BCUT2D eigenvalue weighted by Gasteiger charge is 2.26. The molecule has 1 heteroatoms. The molecule has 0 amide bonds. The number of nitrogens with one attached hydrogen (secondary N) is 1. The molecule has 0 aliphatic carbocycles. The van der Waals surface area contributed by atoms with Gasteiger partial charge in [0.25, 0.3) is 0 Å². The lowest BCUT2D eigenvalue weighted by Gasteiger charge is -2.33. The topological polar surface area (TPSA) is 12.0 Å². The van der Waals surface area contributed by atoms with Crippen molar-refractivity contribution in [1.82, 2.24) is 5.32 Å². The molecule has 33 heavy (non-hydrogen) atoms. The van der Waals surface area contributed by atoms with Crippen LogP contribution in [0.2, 0.25) is 0 Å². The Labute approximate surface area is 199 Å². The van der Waals surface area contributed by atoms with E-state index in [-0.39, 0.29) is 6.04 Å². The zero-order valence-corrected chi connectivity index (χ0v) is 19.8. The summed E-state index contributed by atoms with van der Waals surface area (Å²) in [6, 6.07) is 44.2. The van der Waals surface area contributed by atoms with Crippen LogP contribution >= 0.6 is 0 Å². The van der Waals surface area contributed by atoms with E-state index in [0.717, 1.165) is 12.8 Å². The standard InChI is InChI=1S/C32H35N/c1-25(23-27-15-7-3-8-16-27)32(30-21-13-6-14-22-30)33-26(2)31(29-19-11-5-12-20-29)24-28-17-9-4-10-18-28/h3-22,25-26,31-33H,23-24H2,1-2H3. The Bertz CT molecular complexity index is 1060. The fourth-order valence-electron chi connectivity index (χ4n) is 4.90. The third kappa shape index (κ3) is 6.43. The minimum atomic E-state index is 0.281. The molecule has 0 aliphatic rings. The second-order valence-electron chi connectivity index (χ2n) is 9.22. The summed E-state index contributed by atoms with van der Waals surface area (Å²) < 4.78 is 0. The number of rotatable bonds is 10. The summed E-state index contributed by atoms with van der Waals surface area (Å²) in [6.07, 6.45) is 2.07. The van der Waals surface area contributed by atoms with Crippen LogP contribution in [0.15, 0.2) is 121 Å². The Balaban J connectivity index is 1.59. The fourth-order valence-corrected chi connectivity index (χ4v) is 4.90. The molecule has 4 aromatic rings. The van der Waals surface area contributed by atoms with Crippen LogP contribution in [0.4, 0.5) is 0 Å². The molecule has 4 unspecified atom stereocenters. The molecular weight excluding hydrogens is 398 g/mol. The third-order valence-electron chi connectivity index (χ3n) is 6.70. The molecule has 0 heterocycles. The second kappa shape index (κ2) is 11.6. The number of benzene rings is 4. The molecule has 0 fully saturated rings. The van der Waals surface area contributed by atoms with E-state index in [1.54, 1.807) is 0 Å². The SMILES string of the molecule is CC(Cc1ccccc1)C(NC(C)C(Cc1ccccc1)c1ccccc1)c1ccccc1. The van der Waals surface area contributed by atoms with Crippen molar-refractivity contribution in [1.29, 1.82) is 0 Å². The van der Waals surface area contributed by atoms with Gasteiger partial charge in [-0.2, -0.15) is 0 Å². The van der Waals surface area contributed by atoms with Crippen LogP contribution in [0, 0.1) is 5.92 Å². The van der Waals surface area contributed by atoms with Gasteiger partial charge in [0, 0.05) is 18.0 Å². The van der Waals surface area contributed by atoms with Gasteiger partial charge in [-0.3, -0.25) is 0 Å². The number of hydrogen-bond donors (Lipinski definition) is 1. The first-order chi connectivity index (χ1) is 16.2. The summed E-state index contributed by atoms with van der Waals surface area (Å²) in [4.78, 5) is 0. The van der Waals surface area contributed by atoms with Crippen molar-refractivity contribution < 1.29 is 0 Å². The molecule has 4 rings (SSSR count). The van der Waals surface area contributed by atoms with Crippen LogP contribution < -0.4 is 5.32 Å². The van der Waals surface area contributed by atoms with Crippen molar-refractivity contribution in [2.24, 2.45) is 5.92 Å². The summed E-state index contributed by atoms with van der Waals surface area (Å²) in [7, 11) is 0. The molecule has 0 spiro atoms. The van der Waals surface area contributed by atoms with E-state index in [2.05, 4.69) is 140 Å². The molecule has 0 bridgehead atoms. The van der Waals surface area contributed by atoms with Crippen LogP contribution in [0.5, 0.6) is 0 Å². The van der Waals surface area contributed by atoms with Gasteiger partial charge in [0.05, 0.1) is 0 Å². The van der Waals surface area contributed by atoms with E-state index in [9.17, 15) is 0 Å². The first kappa shape index (κ1) is 23.0. The van der Waals surface area contributed by atoms with E-state index >= 15 is 0 Å².